The van der Waals surface area contributed by atoms with Crippen LogP contribution in [-0.2, 0) is 19.3 Å². The van der Waals surface area contributed by atoms with Crippen molar-refractivity contribution in [1.82, 2.24) is 0 Å². The first-order valence-electron chi connectivity index (χ1n) is 5.71. The molecule has 2 unspecified atom stereocenters. The van der Waals surface area contributed by atoms with Gasteiger partial charge in [-0.1, -0.05) is 30.3 Å². The first-order chi connectivity index (χ1) is 8.12. The van der Waals surface area contributed by atoms with Gasteiger partial charge in [0.25, 0.3) is 0 Å². The van der Waals surface area contributed by atoms with Gasteiger partial charge in [-0.2, -0.15) is 0 Å². The summed E-state index contributed by atoms with van der Waals surface area (Å²) in [5.74, 6) is 0. The molecule has 0 fully saturated rings. The Kier molecular flexibility index (Phi) is 5.80. The molecule has 0 saturated carbocycles. The number of hydrogen-bond donors (Lipinski definition) is 1. The van der Waals surface area contributed by atoms with Crippen LogP contribution in [0.3, 0.4) is 0 Å². The summed E-state index contributed by atoms with van der Waals surface area (Å²) in [4.78, 5) is 0. The number of aliphatic hydroxyl groups excluding tert-OH is 1. The molecule has 17 heavy (non-hydrogen) atoms. The third kappa shape index (κ3) is 4.57. The molecule has 0 aromatic heterocycles. The van der Waals surface area contributed by atoms with Gasteiger partial charge in [0, 0.05) is 19.8 Å². The average molecular weight is 256 g/mol. The molecule has 0 saturated heterocycles. The summed E-state index contributed by atoms with van der Waals surface area (Å²) in [6.45, 7) is 3.95. The first-order valence-corrected chi connectivity index (χ1v) is 7.64. The van der Waals surface area contributed by atoms with Gasteiger partial charge in [0.05, 0.1) is 0 Å². The molecular formula is C12H20O4Si. The van der Waals surface area contributed by atoms with Crippen LogP contribution >= 0.6 is 0 Å². The van der Waals surface area contributed by atoms with E-state index in [1.807, 2.05) is 37.3 Å². The highest BCUT2D eigenvalue weighted by Gasteiger charge is 2.41. The van der Waals surface area contributed by atoms with Crippen LogP contribution in [0.5, 0.6) is 0 Å². The lowest BCUT2D eigenvalue weighted by molar-refractivity contribution is -0.0610. The molecule has 0 amide bonds. The lowest BCUT2D eigenvalue weighted by Crippen LogP contribution is -2.49. The summed E-state index contributed by atoms with van der Waals surface area (Å²) >= 11 is 0. The van der Waals surface area contributed by atoms with Crippen LogP contribution in [0.1, 0.15) is 19.4 Å². The van der Waals surface area contributed by atoms with Crippen LogP contribution in [0.2, 0.25) is 0 Å². The van der Waals surface area contributed by atoms with E-state index in [1.54, 1.807) is 14.0 Å². The zero-order valence-corrected chi connectivity index (χ0v) is 11.6. The van der Waals surface area contributed by atoms with Crippen LogP contribution in [0.4, 0.5) is 0 Å². The van der Waals surface area contributed by atoms with Gasteiger partial charge in [0.15, 0.2) is 0 Å². The Morgan fingerprint density at radius 2 is 1.94 bits per heavy atom. The molecule has 96 valence electrons. The van der Waals surface area contributed by atoms with E-state index in [1.165, 1.54) is 0 Å². The van der Waals surface area contributed by atoms with E-state index in [4.69, 9.17) is 13.3 Å². The van der Waals surface area contributed by atoms with Crippen molar-refractivity contribution in [3.05, 3.63) is 35.9 Å². The predicted molar refractivity (Wildman–Crippen MR) is 67.3 cm³/mol. The topological polar surface area (TPSA) is 47.9 Å². The first kappa shape index (κ1) is 14.3. The van der Waals surface area contributed by atoms with Gasteiger partial charge in [-0.3, -0.25) is 0 Å². The van der Waals surface area contributed by atoms with Crippen LogP contribution in [0.25, 0.3) is 0 Å². The molecule has 0 spiro atoms. The van der Waals surface area contributed by atoms with E-state index >= 15 is 0 Å². The second-order valence-electron chi connectivity index (χ2n) is 3.70. The zero-order chi connectivity index (χ0) is 12.7. The molecule has 4 nitrogen and oxygen atoms in total. The monoisotopic (exact) mass is 256 g/mol. The molecule has 1 aromatic rings. The fraction of sp³-hybridized carbons (Fsp3) is 0.500. The summed E-state index contributed by atoms with van der Waals surface area (Å²) in [5, 5.41) is 9.38. The van der Waals surface area contributed by atoms with Crippen molar-refractivity contribution < 1.29 is 18.4 Å². The quantitative estimate of drug-likeness (QED) is 0.596. The van der Waals surface area contributed by atoms with E-state index in [0.29, 0.717) is 12.7 Å². The maximum Gasteiger partial charge on any atom is 0.507 e. The van der Waals surface area contributed by atoms with Crippen molar-refractivity contribution in [2.45, 2.75) is 26.2 Å². The van der Waals surface area contributed by atoms with Crippen molar-refractivity contribution >= 4 is 8.80 Å². The average Bonchev–Trinajstić information content (AvgIpc) is 2.29. The van der Waals surface area contributed by atoms with Crippen LogP contribution in [-0.4, -0.2) is 33.9 Å². The maximum absolute atomic E-state index is 9.38. The largest absolute Gasteiger partial charge is 0.507 e. The Morgan fingerprint density at radius 3 is 2.41 bits per heavy atom. The Morgan fingerprint density at radius 1 is 1.29 bits per heavy atom. The lowest BCUT2D eigenvalue weighted by Gasteiger charge is -2.29. The molecule has 1 aromatic carbocycles. The minimum Gasteiger partial charge on any atom is -0.377 e. The molecule has 0 aliphatic carbocycles. The van der Waals surface area contributed by atoms with Crippen molar-refractivity contribution in [2.75, 3.05) is 13.7 Å². The summed E-state index contributed by atoms with van der Waals surface area (Å²) in [6.07, 6.45) is -0.892. The summed E-state index contributed by atoms with van der Waals surface area (Å²) in [6, 6.07) is 10.4. The van der Waals surface area contributed by atoms with Gasteiger partial charge in [-0.05, 0) is 19.4 Å². The normalized spacial score (nSPS) is 16.5. The smallest absolute Gasteiger partial charge is 0.377 e. The summed E-state index contributed by atoms with van der Waals surface area (Å²) < 4.78 is 16.5. The second-order valence-corrected chi connectivity index (χ2v) is 6.35. The molecule has 1 rings (SSSR count). The highest BCUT2D eigenvalue weighted by atomic mass is 28.4. The molecule has 0 aliphatic heterocycles. The summed E-state index contributed by atoms with van der Waals surface area (Å²) in [5.41, 5.74) is 1.08. The number of aliphatic hydroxyl groups is 1. The van der Waals surface area contributed by atoms with Gasteiger partial charge < -0.3 is 18.4 Å². The molecular weight excluding hydrogens is 236 g/mol. The highest BCUT2D eigenvalue weighted by Crippen LogP contribution is 2.17. The maximum atomic E-state index is 9.38. The van der Waals surface area contributed by atoms with E-state index in [2.05, 4.69) is 0 Å². The molecule has 0 bridgehead atoms. The Balaban J connectivity index is 2.81. The van der Waals surface area contributed by atoms with Crippen molar-refractivity contribution in [3.8, 4) is 0 Å². The van der Waals surface area contributed by atoms with E-state index < -0.39 is 15.1 Å². The second kappa shape index (κ2) is 6.88. The van der Waals surface area contributed by atoms with Gasteiger partial charge in [0.2, 0.25) is 0 Å². The third-order valence-electron chi connectivity index (χ3n) is 2.29. The standard InChI is InChI=1S/C12H20O4Si/c1-4-15-17(14-3,16-11(2)13)10-12-8-6-5-7-9-12/h5-9,11,13H,4,10H2,1-3H3. The Hall–Kier alpha value is -0.723. The van der Waals surface area contributed by atoms with Crippen LogP contribution < -0.4 is 0 Å². The minimum absolute atomic E-state index is 0.500. The van der Waals surface area contributed by atoms with Crippen LogP contribution in [0.15, 0.2) is 30.3 Å². The van der Waals surface area contributed by atoms with Gasteiger partial charge in [-0.15, -0.1) is 0 Å². The van der Waals surface area contributed by atoms with Crippen LogP contribution in [0, 0.1) is 0 Å². The van der Waals surface area contributed by atoms with E-state index in [9.17, 15) is 5.11 Å². The van der Waals surface area contributed by atoms with Gasteiger partial charge >= 0.3 is 8.80 Å². The van der Waals surface area contributed by atoms with Crippen molar-refractivity contribution in [1.29, 1.82) is 0 Å². The third-order valence-corrected chi connectivity index (χ3v) is 5.18. The SMILES string of the molecule is CCO[Si](Cc1ccccc1)(OC)OC(C)O. The molecule has 2 atom stereocenters. The zero-order valence-electron chi connectivity index (χ0n) is 10.6. The summed E-state index contributed by atoms with van der Waals surface area (Å²) in [7, 11) is -1.26. The predicted octanol–water partition coefficient (Wildman–Crippen LogP) is 1.75. The number of rotatable bonds is 7. The lowest BCUT2D eigenvalue weighted by atomic mass is 10.2. The van der Waals surface area contributed by atoms with Gasteiger partial charge in [-0.25, -0.2) is 0 Å². The van der Waals surface area contributed by atoms with Gasteiger partial charge in [0.1, 0.15) is 6.29 Å². The number of hydrogen-bond acceptors (Lipinski definition) is 4. The molecule has 0 heterocycles. The van der Waals surface area contributed by atoms with E-state index in [0.717, 1.165) is 5.56 Å². The number of benzene rings is 1. The van der Waals surface area contributed by atoms with Crippen molar-refractivity contribution in [3.63, 3.8) is 0 Å². The molecule has 5 heteroatoms. The fourth-order valence-corrected chi connectivity index (χ4v) is 3.94. The fourth-order valence-electron chi connectivity index (χ4n) is 1.63. The van der Waals surface area contributed by atoms with E-state index in [-0.39, 0.29) is 0 Å². The minimum atomic E-state index is -2.82. The molecule has 0 radical (unpaired) electrons. The van der Waals surface area contributed by atoms with Crippen molar-refractivity contribution in [2.24, 2.45) is 0 Å². The Bertz CT molecular complexity index is 318. The highest BCUT2D eigenvalue weighted by molar-refractivity contribution is 6.60. The molecule has 0 aliphatic rings. The molecule has 1 N–H and O–H groups in total. The Labute approximate surface area is 104 Å².